The number of aliphatic carboxylic acids is 1. The highest BCUT2D eigenvalue weighted by atomic mass is 19.2. The second-order valence-corrected chi connectivity index (χ2v) is 3.87. The third kappa shape index (κ3) is 1.78. The molecule has 1 atom stereocenters. The number of nitrogens with zero attached hydrogens (tertiary/aromatic N) is 1. The van der Waals surface area contributed by atoms with Crippen LogP contribution in [0.5, 0.6) is 0 Å². The average molecular weight is 229 g/mol. The summed E-state index contributed by atoms with van der Waals surface area (Å²) in [6, 6.07) is 3.52. The normalized spacial score (nSPS) is 14.9. The summed E-state index contributed by atoms with van der Waals surface area (Å²) in [5.41, 5.74) is -1.78. The van der Waals surface area contributed by atoms with Crippen molar-refractivity contribution in [2.75, 3.05) is 14.1 Å². The van der Waals surface area contributed by atoms with E-state index in [-0.39, 0.29) is 5.56 Å². The van der Waals surface area contributed by atoms with Crippen LogP contribution in [0.3, 0.4) is 0 Å². The van der Waals surface area contributed by atoms with Crippen molar-refractivity contribution in [2.45, 2.75) is 12.5 Å². The Labute approximate surface area is 92.3 Å². The summed E-state index contributed by atoms with van der Waals surface area (Å²) < 4.78 is 26.6. The molecule has 0 aromatic heterocycles. The van der Waals surface area contributed by atoms with Crippen LogP contribution < -0.4 is 0 Å². The zero-order valence-electron chi connectivity index (χ0n) is 9.29. The van der Waals surface area contributed by atoms with Crippen LogP contribution in [-0.2, 0) is 10.3 Å². The average Bonchev–Trinajstić information content (AvgIpc) is 2.20. The number of hydrogen-bond donors (Lipinski definition) is 1. The summed E-state index contributed by atoms with van der Waals surface area (Å²) in [7, 11) is 3.00. The molecule has 88 valence electrons. The first-order valence-corrected chi connectivity index (χ1v) is 4.67. The van der Waals surface area contributed by atoms with Gasteiger partial charge in [-0.25, -0.2) is 13.6 Å². The fourth-order valence-electron chi connectivity index (χ4n) is 1.43. The van der Waals surface area contributed by atoms with Crippen LogP contribution in [0.15, 0.2) is 18.2 Å². The van der Waals surface area contributed by atoms with Gasteiger partial charge in [0.2, 0.25) is 0 Å². The first kappa shape index (κ1) is 12.6. The Kier molecular flexibility index (Phi) is 3.28. The predicted molar refractivity (Wildman–Crippen MR) is 55.0 cm³/mol. The Morgan fingerprint density at radius 2 is 1.94 bits per heavy atom. The molecule has 0 saturated carbocycles. The van der Waals surface area contributed by atoms with Crippen LogP contribution >= 0.6 is 0 Å². The molecule has 1 N–H and O–H groups in total. The summed E-state index contributed by atoms with van der Waals surface area (Å²) in [5, 5.41) is 9.14. The highest BCUT2D eigenvalue weighted by Gasteiger charge is 2.40. The zero-order valence-corrected chi connectivity index (χ0v) is 9.29. The molecule has 0 spiro atoms. The topological polar surface area (TPSA) is 40.5 Å². The Morgan fingerprint density at radius 1 is 1.38 bits per heavy atom. The van der Waals surface area contributed by atoms with Gasteiger partial charge in [0.05, 0.1) is 0 Å². The highest BCUT2D eigenvalue weighted by Crippen LogP contribution is 2.29. The molecular formula is C11H13F2NO2. The molecule has 1 rings (SSSR count). The quantitative estimate of drug-likeness (QED) is 0.859. The zero-order chi connectivity index (χ0) is 12.5. The molecule has 0 saturated heterocycles. The van der Waals surface area contributed by atoms with Crippen LogP contribution in [0.2, 0.25) is 0 Å². The largest absolute Gasteiger partial charge is 0.480 e. The summed E-state index contributed by atoms with van der Waals surface area (Å²) >= 11 is 0. The van der Waals surface area contributed by atoms with Gasteiger partial charge in [-0.3, -0.25) is 4.90 Å². The molecule has 0 fully saturated rings. The van der Waals surface area contributed by atoms with Gasteiger partial charge in [-0.2, -0.15) is 0 Å². The summed E-state index contributed by atoms with van der Waals surface area (Å²) in [6.45, 7) is 1.33. The lowest BCUT2D eigenvalue weighted by Crippen LogP contribution is -2.46. The van der Waals surface area contributed by atoms with E-state index in [0.717, 1.165) is 6.07 Å². The molecule has 0 bridgehead atoms. The van der Waals surface area contributed by atoms with E-state index in [1.807, 2.05) is 0 Å². The summed E-state index contributed by atoms with van der Waals surface area (Å²) in [6.07, 6.45) is 0. The van der Waals surface area contributed by atoms with Gasteiger partial charge < -0.3 is 5.11 Å². The lowest BCUT2D eigenvalue weighted by atomic mass is 9.90. The van der Waals surface area contributed by atoms with Gasteiger partial charge >= 0.3 is 5.97 Å². The fraction of sp³-hybridized carbons (Fsp3) is 0.364. The number of carboxylic acids is 1. The number of benzene rings is 1. The second-order valence-electron chi connectivity index (χ2n) is 3.87. The first-order chi connectivity index (χ1) is 7.31. The van der Waals surface area contributed by atoms with Crippen LogP contribution in [-0.4, -0.2) is 30.1 Å². The van der Waals surface area contributed by atoms with Gasteiger partial charge in [-0.05, 0) is 27.1 Å². The number of likely N-dealkylation sites (N-methyl/N-ethyl adjacent to an activating group) is 1. The van der Waals surface area contributed by atoms with Crippen molar-refractivity contribution in [3.8, 4) is 0 Å². The van der Waals surface area contributed by atoms with Crippen molar-refractivity contribution in [3.05, 3.63) is 35.4 Å². The summed E-state index contributed by atoms with van der Waals surface area (Å²) in [5.74, 6) is -3.41. The number of halogens is 2. The Morgan fingerprint density at radius 3 is 2.38 bits per heavy atom. The highest BCUT2D eigenvalue weighted by molar-refractivity contribution is 5.80. The van der Waals surface area contributed by atoms with Crippen molar-refractivity contribution in [1.82, 2.24) is 4.90 Å². The molecule has 1 unspecified atom stereocenters. The molecule has 0 aliphatic rings. The van der Waals surface area contributed by atoms with Gasteiger partial charge in [-0.15, -0.1) is 0 Å². The van der Waals surface area contributed by atoms with Gasteiger partial charge in [0.15, 0.2) is 11.6 Å². The van der Waals surface area contributed by atoms with Gasteiger partial charge in [0, 0.05) is 5.56 Å². The molecule has 3 nitrogen and oxygen atoms in total. The molecule has 0 aliphatic carbocycles. The SMILES string of the molecule is CN(C)C(C)(C(=O)O)c1cccc(F)c1F. The van der Waals surface area contributed by atoms with E-state index in [0.29, 0.717) is 0 Å². The van der Waals surface area contributed by atoms with Crippen LogP contribution in [0, 0.1) is 11.6 Å². The maximum Gasteiger partial charge on any atom is 0.328 e. The molecular weight excluding hydrogens is 216 g/mol. The lowest BCUT2D eigenvalue weighted by molar-refractivity contribution is -0.149. The van der Waals surface area contributed by atoms with Crippen molar-refractivity contribution < 1.29 is 18.7 Å². The third-order valence-corrected chi connectivity index (χ3v) is 2.79. The molecule has 16 heavy (non-hydrogen) atoms. The maximum atomic E-state index is 13.6. The van der Waals surface area contributed by atoms with Crippen molar-refractivity contribution in [1.29, 1.82) is 0 Å². The van der Waals surface area contributed by atoms with Gasteiger partial charge in [0.1, 0.15) is 5.54 Å². The molecule has 1 aromatic carbocycles. The minimum Gasteiger partial charge on any atom is -0.480 e. The molecule has 0 radical (unpaired) electrons. The lowest BCUT2D eigenvalue weighted by Gasteiger charge is -2.32. The number of carbonyl (C=O) groups is 1. The van der Waals surface area contributed by atoms with Crippen LogP contribution in [0.1, 0.15) is 12.5 Å². The van der Waals surface area contributed by atoms with E-state index in [4.69, 9.17) is 5.11 Å². The predicted octanol–water partition coefficient (Wildman–Crippen LogP) is 1.83. The minimum absolute atomic E-state index is 0.190. The fourth-order valence-corrected chi connectivity index (χ4v) is 1.43. The summed E-state index contributed by atoms with van der Waals surface area (Å²) in [4.78, 5) is 12.5. The van der Waals surface area contributed by atoms with E-state index >= 15 is 0 Å². The van der Waals surface area contributed by atoms with Crippen LogP contribution in [0.25, 0.3) is 0 Å². The molecule has 0 amide bonds. The van der Waals surface area contributed by atoms with Crippen LogP contribution in [0.4, 0.5) is 8.78 Å². The standard InChI is InChI=1S/C11H13F2NO2/c1-11(10(15)16,14(2)3)7-5-4-6-8(12)9(7)13/h4-6H,1-3H3,(H,15,16). The molecule has 0 aliphatic heterocycles. The van der Waals surface area contributed by atoms with Crippen molar-refractivity contribution >= 4 is 5.97 Å². The maximum absolute atomic E-state index is 13.6. The smallest absolute Gasteiger partial charge is 0.328 e. The monoisotopic (exact) mass is 229 g/mol. The van der Waals surface area contributed by atoms with E-state index in [9.17, 15) is 13.6 Å². The third-order valence-electron chi connectivity index (χ3n) is 2.79. The van der Waals surface area contributed by atoms with E-state index in [1.54, 1.807) is 0 Å². The van der Waals surface area contributed by atoms with Gasteiger partial charge in [0.25, 0.3) is 0 Å². The van der Waals surface area contributed by atoms with E-state index < -0.39 is 23.1 Å². The van der Waals surface area contributed by atoms with E-state index in [1.165, 1.54) is 38.1 Å². The Balaban J connectivity index is 3.44. The Hall–Kier alpha value is -1.49. The molecule has 1 aromatic rings. The molecule has 0 heterocycles. The minimum atomic E-state index is -1.59. The van der Waals surface area contributed by atoms with Crippen molar-refractivity contribution in [3.63, 3.8) is 0 Å². The molecule has 5 heteroatoms. The van der Waals surface area contributed by atoms with Gasteiger partial charge in [-0.1, -0.05) is 12.1 Å². The Bertz CT molecular complexity index is 420. The number of carboxylic acid groups (broad SMARTS) is 1. The number of hydrogen-bond acceptors (Lipinski definition) is 2. The van der Waals surface area contributed by atoms with E-state index in [2.05, 4.69) is 0 Å². The second kappa shape index (κ2) is 4.17. The number of rotatable bonds is 3. The van der Waals surface area contributed by atoms with Crippen molar-refractivity contribution in [2.24, 2.45) is 0 Å². The first-order valence-electron chi connectivity index (χ1n) is 4.67.